The standard InChI is InChI=1S/C16H22N6O/c1-12-5-4-8-21(11-12)16(23)10-17-14-6-3-7-15(9-14)22-13(2)18-19-20-22/h3,6-7,9,12,17H,4-5,8,10-11H2,1-2H3. The minimum Gasteiger partial charge on any atom is -0.376 e. The van der Waals surface area contributed by atoms with Gasteiger partial charge in [-0.2, -0.15) is 4.68 Å². The van der Waals surface area contributed by atoms with Gasteiger partial charge in [-0.25, -0.2) is 0 Å². The summed E-state index contributed by atoms with van der Waals surface area (Å²) in [6.07, 6.45) is 2.31. The molecule has 1 atom stereocenters. The number of amides is 1. The van der Waals surface area contributed by atoms with Crippen LogP contribution in [-0.2, 0) is 4.79 Å². The van der Waals surface area contributed by atoms with Gasteiger partial charge in [0.25, 0.3) is 0 Å². The van der Waals surface area contributed by atoms with Crippen molar-refractivity contribution in [1.29, 1.82) is 0 Å². The SMILES string of the molecule is Cc1nnnn1-c1cccc(NCC(=O)N2CCCC(C)C2)c1. The number of tetrazole rings is 1. The second kappa shape index (κ2) is 6.76. The Hall–Kier alpha value is -2.44. The summed E-state index contributed by atoms with van der Waals surface area (Å²) in [5.41, 5.74) is 1.76. The zero-order valence-corrected chi connectivity index (χ0v) is 13.6. The molecule has 1 aliphatic rings. The quantitative estimate of drug-likeness (QED) is 0.928. The van der Waals surface area contributed by atoms with Crippen molar-refractivity contribution in [3.63, 3.8) is 0 Å². The Kier molecular flexibility index (Phi) is 4.55. The molecule has 1 fully saturated rings. The van der Waals surface area contributed by atoms with Crippen LogP contribution in [0.4, 0.5) is 5.69 Å². The molecule has 2 heterocycles. The molecule has 0 bridgehead atoms. The number of aryl methyl sites for hydroxylation is 1. The van der Waals surface area contributed by atoms with Crippen LogP contribution in [0.5, 0.6) is 0 Å². The van der Waals surface area contributed by atoms with E-state index < -0.39 is 0 Å². The van der Waals surface area contributed by atoms with E-state index in [0.717, 1.165) is 36.7 Å². The van der Waals surface area contributed by atoms with E-state index in [0.29, 0.717) is 12.5 Å². The second-order valence-electron chi connectivity index (χ2n) is 6.13. The number of benzene rings is 1. The fourth-order valence-corrected chi connectivity index (χ4v) is 2.92. The molecule has 122 valence electrons. The summed E-state index contributed by atoms with van der Waals surface area (Å²) in [5, 5.41) is 14.7. The molecule has 1 aromatic heterocycles. The van der Waals surface area contributed by atoms with Crippen LogP contribution >= 0.6 is 0 Å². The molecule has 0 radical (unpaired) electrons. The minimum absolute atomic E-state index is 0.153. The number of anilines is 1. The highest BCUT2D eigenvalue weighted by molar-refractivity contribution is 5.81. The predicted molar refractivity (Wildman–Crippen MR) is 87.4 cm³/mol. The van der Waals surface area contributed by atoms with Gasteiger partial charge in [0.05, 0.1) is 12.2 Å². The van der Waals surface area contributed by atoms with E-state index in [-0.39, 0.29) is 5.91 Å². The third-order valence-corrected chi connectivity index (χ3v) is 4.17. The first-order valence-electron chi connectivity index (χ1n) is 8.00. The van der Waals surface area contributed by atoms with Gasteiger partial charge in [0, 0.05) is 18.8 Å². The van der Waals surface area contributed by atoms with Crippen molar-refractivity contribution >= 4 is 11.6 Å². The number of nitrogens with one attached hydrogen (secondary N) is 1. The van der Waals surface area contributed by atoms with Crippen LogP contribution in [0.1, 0.15) is 25.6 Å². The van der Waals surface area contributed by atoms with Gasteiger partial charge in [-0.1, -0.05) is 13.0 Å². The zero-order valence-electron chi connectivity index (χ0n) is 13.6. The number of hydrogen-bond donors (Lipinski definition) is 1. The van der Waals surface area contributed by atoms with E-state index in [1.165, 1.54) is 6.42 Å². The fraction of sp³-hybridized carbons (Fsp3) is 0.500. The Morgan fingerprint density at radius 1 is 1.43 bits per heavy atom. The number of hydrogen-bond acceptors (Lipinski definition) is 5. The first-order chi connectivity index (χ1) is 11.1. The lowest BCUT2D eigenvalue weighted by Gasteiger charge is -2.31. The van der Waals surface area contributed by atoms with Gasteiger partial charge in [-0.3, -0.25) is 4.79 Å². The largest absolute Gasteiger partial charge is 0.376 e. The molecule has 1 amide bonds. The summed E-state index contributed by atoms with van der Waals surface area (Å²) in [4.78, 5) is 14.3. The van der Waals surface area contributed by atoms with Crippen molar-refractivity contribution in [3.8, 4) is 5.69 Å². The molecule has 1 N–H and O–H groups in total. The highest BCUT2D eigenvalue weighted by Gasteiger charge is 2.20. The number of carbonyl (C=O) groups excluding carboxylic acids is 1. The highest BCUT2D eigenvalue weighted by Crippen LogP contribution is 2.17. The van der Waals surface area contributed by atoms with Crippen LogP contribution in [0, 0.1) is 12.8 Å². The van der Waals surface area contributed by atoms with E-state index in [9.17, 15) is 4.79 Å². The average molecular weight is 314 g/mol. The van der Waals surface area contributed by atoms with Crippen LogP contribution in [-0.4, -0.2) is 50.6 Å². The molecule has 7 heteroatoms. The molecule has 1 aliphatic heterocycles. The van der Waals surface area contributed by atoms with Crippen molar-refractivity contribution in [2.24, 2.45) is 5.92 Å². The number of nitrogens with zero attached hydrogens (tertiary/aromatic N) is 5. The van der Waals surface area contributed by atoms with Gasteiger partial charge in [-0.15, -0.1) is 5.10 Å². The molecule has 2 aromatic rings. The number of likely N-dealkylation sites (tertiary alicyclic amines) is 1. The molecular weight excluding hydrogens is 292 g/mol. The van der Waals surface area contributed by atoms with E-state index in [4.69, 9.17) is 0 Å². The summed E-state index contributed by atoms with van der Waals surface area (Å²) in [6, 6.07) is 7.74. The van der Waals surface area contributed by atoms with E-state index in [1.807, 2.05) is 36.1 Å². The summed E-state index contributed by atoms with van der Waals surface area (Å²) in [7, 11) is 0. The van der Waals surface area contributed by atoms with Gasteiger partial charge in [-0.05, 0) is 54.3 Å². The van der Waals surface area contributed by atoms with E-state index in [2.05, 4.69) is 27.8 Å². The van der Waals surface area contributed by atoms with Gasteiger partial charge >= 0.3 is 0 Å². The first-order valence-corrected chi connectivity index (χ1v) is 8.00. The first kappa shape index (κ1) is 15.5. The lowest BCUT2D eigenvalue weighted by molar-refractivity contribution is -0.130. The Balaban J connectivity index is 1.62. The molecule has 0 spiro atoms. The van der Waals surface area contributed by atoms with Crippen molar-refractivity contribution in [2.45, 2.75) is 26.7 Å². The smallest absolute Gasteiger partial charge is 0.241 e. The molecule has 0 aliphatic carbocycles. The summed E-state index contributed by atoms with van der Waals surface area (Å²) in [5.74, 6) is 1.47. The predicted octanol–water partition coefficient (Wildman–Crippen LogP) is 1.64. The van der Waals surface area contributed by atoms with Crippen molar-refractivity contribution in [1.82, 2.24) is 25.1 Å². The van der Waals surface area contributed by atoms with Crippen molar-refractivity contribution in [3.05, 3.63) is 30.1 Å². The van der Waals surface area contributed by atoms with Gasteiger partial charge in [0.2, 0.25) is 5.91 Å². The lowest BCUT2D eigenvalue weighted by atomic mass is 10.0. The maximum atomic E-state index is 12.3. The molecule has 3 rings (SSSR count). The topological polar surface area (TPSA) is 75.9 Å². The summed E-state index contributed by atoms with van der Waals surface area (Å²) in [6.45, 7) is 6.09. The van der Waals surface area contributed by atoms with Crippen LogP contribution in [0.25, 0.3) is 5.69 Å². The molecule has 1 aromatic carbocycles. The third kappa shape index (κ3) is 3.67. The van der Waals surface area contributed by atoms with Gasteiger partial charge in [0.1, 0.15) is 0 Å². The maximum absolute atomic E-state index is 12.3. The molecule has 1 saturated heterocycles. The number of piperidine rings is 1. The Morgan fingerprint density at radius 3 is 3.04 bits per heavy atom. The second-order valence-corrected chi connectivity index (χ2v) is 6.13. The monoisotopic (exact) mass is 314 g/mol. The highest BCUT2D eigenvalue weighted by atomic mass is 16.2. The average Bonchev–Trinajstić information content (AvgIpc) is 2.99. The maximum Gasteiger partial charge on any atom is 0.241 e. The van der Waals surface area contributed by atoms with Crippen LogP contribution in [0.2, 0.25) is 0 Å². The van der Waals surface area contributed by atoms with E-state index >= 15 is 0 Å². The summed E-state index contributed by atoms with van der Waals surface area (Å²) < 4.78 is 1.67. The molecule has 0 saturated carbocycles. The zero-order chi connectivity index (χ0) is 16.2. The molecule has 1 unspecified atom stereocenters. The third-order valence-electron chi connectivity index (χ3n) is 4.17. The van der Waals surface area contributed by atoms with Crippen LogP contribution in [0.3, 0.4) is 0 Å². The molecule has 7 nitrogen and oxygen atoms in total. The number of carbonyl (C=O) groups is 1. The van der Waals surface area contributed by atoms with Crippen LogP contribution < -0.4 is 5.32 Å². The Bertz CT molecular complexity index is 683. The van der Waals surface area contributed by atoms with Crippen molar-refractivity contribution < 1.29 is 4.79 Å². The lowest BCUT2D eigenvalue weighted by Crippen LogP contribution is -2.41. The fourth-order valence-electron chi connectivity index (χ4n) is 2.92. The normalized spacial score (nSPS) is 18.0. The summed E-state index contributed by atoms with van der Waals surface area (Å²) >= 11 is 0. The Morgan fingerprint density at radius 2 is 2.30 bits per heavy atom. The van der Waals surface area contributed by atoms with Gasteiger partial charge < -0.3 is 10.2 Å². The number of rotatable bonds is 4. The number of aromatic nitrogens is 4. The van der Waals surface area contributed by atoms with Crippen LogP contribution in [0.15, 0.2) is 24.3 Å². The molecular formula is C16H22N6O. The van der Waals surface area contributed by atoms with Crippen molar-refractivity contribution in [2.75, 3.05) is 25.0 Å². The Labute approximate surface area is 135 Å². The molecule has 23 heavy (non-hydrogen) atoms. The van der Waals surface area contributed by atoms with E-state index in [1.54, 1.807) is 4.68 Å². The minimum atomic E-state index is 0.153. The van der Waals surface area contributed by atoms with Gasteiger partial charge in [0.15, 0.2) is 5.82 Å².